The van der Waals surface area contributed by atoms with Gasteiger partial charge in [0.1, 0.15) is 6.26 Å². The van der Waals surface area contributed by atoms with Crippen LogP contribution in [0.15, 0.2) is 53.3 Å². The molecule has 2 aromatic rings. The maximum atomic E-state index is 11.6. The van der Waals surface area contributed by atoms with E-state index < -0.39 is 0 Å². The number of para-hydroxylation sites is 1. The quantitative estimate of drug-likeness (QED) is 0.862. The van der Waals surface area contributed by atoms with Crippen LogP contribution in [0.4, 0.5) is 5.69 Å². The molecule has 1 aromatic carbocycles. The van der Waals surface area contributed by atoms with Crippen LogP contribution in [0.25, 0.3) is 0 Å². The molecule has 5 nitrogen and oxygen atoms in total. The van der Waals surface area contributed by atoms with E-state index in [4.69, 9.17) is 4.42 Å². The summed E-state index contributed by atoms with van der Waals surface area (Å²) in [4.78, 5) is 23.1. The number of amides is 2. The monoisotopic (exact) mass is 258 g/mol. The molecule has 0 atom stereocenters. The molecule has 0 unspecified atom stereocenters. The van der Waals surface area contributed by atoms with E-state index in [0.29, 0.717) is 5.56 Å². The van der Waals surface area contributed by atoms with Crippen LogP contribution in [0.5, 0.6) is 0 Å². The summed E-state index contributed by atoms with van der Waals surface area (Å²) in [6.45, 7) is 0.280. The molecule has 0 saturated carbocycles. The zero-order valence-electron chi connectivity index (χ0n) is 10.3. The first kappa shape index (κ1) is 12.9. The van der Waals surface area contributed by atoms with Crippen LogP contribution in [0.3, 0.4) is 0 Å². The van der Waals surface area contributed by atoms with Crippen molar-refractivity contribution in [2.45, 2.75) is 6.42 Å². The normalized spacial score (nSPS) is 9.89. The molecule has 19 heavy (non-hydrogen) atoms. The average molecular weight is 258 g/mol. The second-order valence-corrected chi connectivity index (χ2v) is 3.93. The molecule has 2 amide bonds. The zero-order valence-corrected chi connectivity index (χ0v) is 10.3. The van der Waals surface area contributed by atoms with Gasteiger partial charge in [0.05, 0.1) is 11.8 Å². The van der Waals surface area contributed by atoms with E-state index in [9.17, 15) is 9.59 Å². The van der Waals surface area contributed by atoms with E-state index in [-0.39, 0.29) is 24.8 Å². The van der Waals surface area contributed by atoms with Crippen molar-refractivity contribution < 1.29 is 14.0 Å². The first-order chi connectivity index (χ1) is 9.25. The van der Waals surface area contributed by atoms with Crippen molar-refractivity contribution in [3.8, 4) is 0 Å². The molecule has 2 rings (SSSR count). The maximum Gasteiger partial charge on any atom is 0.254 e. The highest BCUT2D eigenvalue weighted by Crippen LogP contribution is 2.05. The van der Waals surface area contributed by atoms with Gasteiger partial charge >= 0.3 is 0 Å². The van der Waals surface area contributed by atoms with Crippen molar-refractivity contribution in [1.29, 1.82) is 0 Å². The van der Waals surface area contributed by atoms with Gasteiger partial charge < -0.3 is 15.1 Å². The minimum atomic E-state index is -0.249. The zero-order chi connectivity index (χ0) is 13.5. The number of hydrogen-bond donors (Lipinski definition) is 2. The number of carbonyl (C=O) groups excluding carboxylic acids is 2. The van der Waals surface area contributed by atoms with Gasteiger partial charge in [0, 0.05) is 18.7 Å². The first-order valence-corrected chi connectivity index (χ1v) is 5.91. The molecule has 1 heterocycles. The van der Waals surface area contributed by atoms with Crippen LogP contribution in [0.1, 0.15) is 16.8 Å². The molecule has 0 radical (unpaired) electrons. The largest absolute Gasteiger partial charge is 0.472 e. The highest BCUT2D eigenvalue weighted by molar-refractivity contribution is 5.94. The minimum absolute atomic E-state index is 0.140. The molecule has 0 aliphatic rings. The summed E-state index contributed by atoms with van der Waals surface area (Å²) in [5, 5.41) is 5.38. The number of benzene rings is 1. The topological polar surface area (TPSA) is 71.3 Å². The Balaban J connectivity index is 1.71. The van der Waals surface area contributed by atoms with Crippen molar-refractivity contribution in [2.75, 3.05) is 11.9 Å². The number of rotatable bonds is 5. The van der Waals surface area contributed by atoms with Gasteiger partial charge in [-0.15, -0.1) is 0 Å². The van der Waals surface area contributed by atoms with E-state index in [1.165, 1.54) is 12.5 Å². The van der Waals surface area contributed by atoms with E-state index >= 15 is 0 Å². The smallest absolute Gasteiger partial charge is 0.254 e. The molecule has 0 spiro atoms. The van der Waals surface area contributed by atoms with Crippen molar-refractivity contribution in [2.24, 2.45) is 0 Å². The van der Waals surface area contributed by atoms with Crippen molar-refractivity contribution >= 4 is 17.5 Å². The van der Waals surface area contributed by atoms with E-state index in [0.717, 1.165) is 5.69 Å². The SMILES string of the molecule is O=C(CCNC(=O)c1ccoc1)Nc1ccccc1. The molecular formula is C14H14N2O3. The Labute approximate surface area is 110 Å². The lowest BCUT2D eigenvalue weighted by Crippen LogP contribution is -2.27. The Hall–Kier alpha value is -2.56. The van der Waals surface area contributed by atoms with Crippen LogP contribution in [-0.4, -0.2) is 18.4 Å². The maximum absolute atomic E-state index is 11.6. The van der Waals surface area contributed by atoms with Gasteiger partial charge in [-0.3, -0.25) is 9.59 Å². The number of nitrogens with one attached hydrogen (secondary N) is 2. The lowest BCUT2D eigenvalue weighted by Gasteiger charge is -2.05. The van der Waals surface area contributed by atoms with E-state index in [2.05, 4.69) is 10.6 Å². The van der Waals surface area contributed by atoms with Crippen LogP contribution in [0.2, 0.25) is 0 Å². The summed E-state index contributed by atoms with van der Waals surface area (Å²) in [6.07, 6.45) is 3.01. The molecule has 0 fully saturated rings. The number of furan rings is 1. The predicted octanol–water partition coefficient (Wildman–Crippen LogP) is 2.04. The first-order valence-electron chi connectivity index (χ1n) is 5.91. The molecular weight excluding hydrogens is 244 g/mol. The fourth-order valence-electron chi connectivity index (χ4n) is 1.53. The fraction of sp³-hybridized carbons (Fsp3) is 0.143. The van der Waals surface area contributed by atoms with Gasteiger partial charge in [-0.05, 0) is 18.2 Å². The summed E-state index contributed by atoms with van der Waals surface area (Å²) >= 11 is 0. The summed E-state index contributed by atoms with van der Waals surface area (Å²) in [5.74, 6) is -0.389. The summed E-state index contributed by atoms with van der Waals surface area (Å²) in [7, 11) is 0. The Morgan fingerprint density at radius 2 is 1.89 bits per heavy atom. The highest BCUT2D eigenvalue weighted by Gasteiger charge is 2.07. The molecule has 0 bridgehead atoms. The Morgan fingerprint density at radius 1 is 1.11 bits per heavy atom. The van der Waals surface area contributed by atoms with Crippen LogP contribution < -0.4 is 10.6 Å². The second kappa shape index (κ2) is 6.39. The van der Waals surface area contributed by atoms with Gasteiger partial charge in [0.25, 0.3) is 5.91 Å². The molecule has 1 aromatic heterocycles. The van der Waals surface area contributed by atoms with Crippen LogP contribution in [0, 0.1) is 0 Å². The lowest BCUT2D eigenvalue weighted by molar-refractivity contribution is -0.116. The van der Waals surface area contributed by atoms with Crippen molar-refractivity contribution in [3.05, 3.63) is 54.5 Å². The number of anilines is 1. The second-order valence-electron chi connectivity index (χ2n) is 3.93. The average Bonchev–Trinajstić information content (AvgIpc) is 2.93. The summed E-state index contributed by atoms with van der Waals surface area (Å²) < 4.78 is 4.80. The highest BCUT2D eigenvalue weighted by atomic mass is 16.3. The Bertz CT molecular complexity index is 535. The number of carbonyl (C=O) groups is 2. The van der Waals surface area contributed by atoms with Gasteiger partial charge in [-0.1, -0.05) is 18.2 Å². The van der Waals surface area contributed by atoms with Crippen LogP contribution in [-0.2, 0) is 4.79 Å². The third kappa shape index (κ3) is 3.99. The standard InChI is InChI=1S/C14H14N2O3/c17-13(16-12-4-2-1-3-5-12)6-8-15-14(18)11-7-9-19-10-11/h1-5,7,9-10H,6,8H2,(H,15,18)(H,16,17). The van der Waals surface area contributed by atoms with E-state index in [1.807, 2.05) is 30.3 Å². The minimum Gasteiger partial charge on any atom is -0.472 e. The van der Waals surface area contributed by atoms with Crippen molar-refractivity contribution in [1.82, 2.24) is 5.32 Å². The van der Waals surface area contributed by atoms with Gasteiger partial charge in [0.15, 0.2) is 0 Å². The number of hydrogen-bond acceptors (Lipinski definition) is 3. The van der Waals surface area contributed by atoms with E-state index in [1.54, 1.807) is 6.07 Å². The third-order valence-corrected chi connectivity index (χ3v) is 2.48. The van der Waals surface area contributed by atoms with Gasteiger partial charge in [-0.25, -0.2) is 0 Å². The van der Waals surface area contributed by atoms with Crippen molar-refractivity contribution in [3.63, 3.8) is 0 Å². The third-order valence-electron chi connectivity index (χ3n) is 2.48. The molecule has 0 saturated heterocycles. The molecule has 0 aliphatic carbocycles. The predicted molar refractivity (Wildman–Crippen MR) is 70.7 cm³/mol. The van der Waals surface area contributed by atoms with Crippen LogP contribution >= 0.6 is 0 Å². The molecule has 98 valence electrons. The molecule has 5 heteroatoms. The lowest BCUT2D eigenvalue weighted by atomic mass is 10.3. The molecule has 2 N–H and O–H groups in total. The Kier molecular flexibility index (Phi) is 4.34. The van der Waals surface area contributed by atoms with Gasteiger partial charge in [0.2, 0.25) is 5.91 Å². The molecule has 0 aliphatic heterocycles. The van der Waals surface area contributed by atoms with Gasteiger partial charge in [-0.2, -0.15) is 0 Å². The summed E-state index contributed by atoms with van der Waals surface area (Å²) in [6, 6.07) is 10.7. The Morgan fingerprint density at radius 3 is 2.58 bits per heavy atom. The fourth-order valence-corrected chi connectivity index (χ4v) is 1.53. The summed E-state index contributed by atoms with van der Waals surface area (Å²) in [5.41, 5.74) is 1.19.